The van der Waals surface area contributed by atoms with Crippen molar-refractivity contribution in [2.45, 2.75) is 53.2 Å². The SMILES string of the molecule is Cc1cc(C[NH2+][C@H](C)c2ccco2)c(C)n1-c1ccnn1C(C)C. The molecule has 24 heavy (non-hydrogen) atoms. The maximum atomic E-state index is 5.50. The van der Waals surface area contributed by atoms with Crippen LogP contribution < -0.4 is 5.32 Å². The zero-order valence-electron chi connectivity index (χ0n) is 15.2. The molecule has 2 N–H and O–H groups in total. The highest BCUT2D eigenvalue weighted by Gasteiger charge is 2.18. The van der Waals surface area contributed by atoms with Gasteiger partial charge in [0, 0.05) is 29.1 Å². The molecular weight excluding hydrogens is 300 g/mol. The van der Waals surface area contributed by atoms with Crippen molar-refractivity contribution < 1.29 is 9.73 Å². The Morgan fingerprint density at radius 1 is 1.21 bits per heavy atom. The van der Waals surface area contributed by atoms with Crippen molar-refractivity contribution in [2.75, 3.05) is 0 Å². The second kappa shape index (κ2) is 6.69. The van der Waals surface area contributed by atoms with Crippen LogP contribution in [0.4, 0.5) is 0 Å². The van der Waals surface area contributed by atoms with Crippen molar-refractivity contribution in [3.05, 3.63) is 59.4 Å². The lowest BCUT2D eigenvalue weighted by Gasteiger charge is -2.15. The predicted molar refractivity (Wildman–Crippen MR) is 94.2 cm³/mol. The summed E-state index contributed by atoms with van der Waals surface area (Å²) in [5.74, 6) is 2.15. The van der Waals surface area contributed by atoms with Crippen LogP contribution >= 0.6 is 0 Å². The first-order valence-corrected chi connectivity index (χ1v) is 8.57. The molecule has 0 aliphatic heterocycles. The molecule has 0 aromatic carbocycles. The van der Waals surface area contributed by atoms with E-state index in [2.05, 4.69) is 66.4 Å². The van der Waals surface area contributed by atoms with Gasteiger partial charge in [0.15, 0.2) is 5.76 Å². The Morgan fingerprint density at radius 3 is 2.67 bits per heavy atom. The molecule has 0 aliphatic rings. The summed E-state index contributed by atoms with van der Waals surface area (Å²) >= 11 is 0. The maximum Gasteiger partial charge on any atom is 0.160 e. The van der Waals surface area contributed by atoms with Crippen molar-refractivity contribution in [2.24, 2.45) is 0 Å². The van der Waals surface area contributed by atoms with Gasteiger partial charge >= 0.3 is 0 Å². The molecule has 0 radical (unpaired) electrons. The molecule has 5 nitrogen and oxygen atoms in total. The van der Waals surface area contributed by atoms with Crippen molar-refractivity contribution in [1.82, 2.24) is 14.3 Å². The lowest BCUT2D eigenvalue weighted by atomic mass is 10.2. The Bertz CT molecular complexity index is 796. The van der Waals surface area contributed by atoms with Crippen LogP contribution in [-0.2, 0) is 6.54 Å². The normalized spacial score (nSPS) is 12.9. The van der Waals surface area contributed by atoms with E-state index >= 15 is 0 Å². The summed E-state index contributed by atoms with van der Waals surface area (Å²) in [5, 5.41) is 6.78. The zero-order chi connectivity index (χ0) is 17.3. The average Bonchev–Trinajstić information content (AvgIpc) is 3.25. The molecule has 1 atom stereocenters. The van der Waals surface area contributed by atoms with Gasteiger partial charge in [0.05, 0.1) is 12.5 Å². The predicted octanol–water partition coefficient (Wildman–Crippen LogP) is 3.29. The van der Waals surface area contributed by atoms with Gasteiger partial charge < -0.3 is 14.3 Å². The molecule has 0 saturated heterocycles. The number of rotatable bonds is 6. The largest absolute Gasteiger partial charge is 0.463 e. The van der Waals surface area contributed by atoms with Crippen molar-refractivity contribution in [3.8, 4) is 5.82 Å². The van der Waals surface area contributed by atoms with Crippen LogP contribution in [0.5, 0.6) is 0 Å². The van der Waals surface area contributed by atoms with Gasteiger partial charge in [0.2, 0.25) is 0 Å². The Balaban J connectivity index is 1.83. The van der Waals surface area contributed by atoms with E-state index in [0.29, 0.717) is 12.1 Å². The lowest BCUT2D eigenvalue weighted by Crippen LogP contribution is -2.83. The monoisotopic (exact) mass is 327 g/mol. The molecule has 3 aromatic rings. The molecule has 128 valence electrons. The van der Waals surface area contributed by atoms with E-state index in [4.69, 9.17) is 4.42 Å². The molecule has 3 rings (SSSR count). The van der Waals surface area contributed by atoms with E-state index in [1.165, 1.54) is 17.0 Å². The number of aromatic nitrogens is 3. The van der Waals surface area contributed by atoms with Crippen molar-refractivity contribution >= 4 is 0 Å². The number of furan rings is 1. The second-order valence-corrected chi connectivity index (χ2v) is 6.70. The van der Waals surface area contributed by atoms with Crippen LogP contribution in [-0.4, -0.2) is 14.3 Å². The topological polar surface area (TPSA) is 52.5 Å². The van der Waals surface area contributed by atoms with Gasteiger partial charge in [-0.2, -0.15) is 5.10 Å². The fourth-order valence-electron chi connectivity index (χ4n) is 3.24. The summed E-state index contributed by atoms with van der Waals surface area (Å²) in [4.78, 5) is 0. The minimum Gasteiger partial charge on any atom is -0.463 e. The van der Waals surface area contributed by atoms with E-state index in [1.807, 2.05) is 18.3 Å². The van der Waals surface area contributed by atoms with Crippen LogP contribution in [0.3, 0.4) is 0 Å². The number of quaternary nitrogens is 1. The Labute approximate surface area is 143 Å². The Kier molecular flexibility index (Phi) is 4.62. The standard InChI is InChI=1S/C19H26N4O/c1-13(2)23-19(8-9-21-23)22-14(3)11-17(16(22)5)12-20-15(4)18-7-6-10-24-18/h6-11,13,15,20H,12H2,1-5H3/p+1/t15-/m1/s1. The molecule has 5 heteroatoms. The molecule has 0 fully saturated rings. The molecule has 0 saturated carbocycles. The van der Waals surface area contributed by atoms with Gasteiger partial charge in [0.25, 0.3) is 0 Å². The van der Waals surface area contributed by atoms with Gasteiger partial charge in [0.1, 0.15) is 18.4 Å². The fraction of sp³-hybridized carbons (Fsp3) is 0.421. The summed E-state index contributed by atoms with van der Waals surface area (Å²) < 4.78 is 9.86. The van der Waals surface area contributed by atoms with Crippen LogP contribution in [0, 0.1) is 13.8 Å². The summed E-state index contributed by atoms with van der Waals surface area (Å²) in [6.45, 7) is 11.8. The van der Waals surface area contributed by atoms with E-state index in [0.717, 1.165) is 18.1 Å². The van der Waals surface area contributed by atoms with E-state index in [9.17, 15) is 0 Å². The molecule has 0 spiro atoms. The summed E-state index contributed by atoms with van der Waals surface area (Å²) in [6, 6.07) is 8.98. The summed E-state index contributed by atoms with van der Waals surface area (Å²) in [7, 11) is 0. The quantitative estimate of drug-likeness (QED) is 0.755. The van der Waals surface area contributed by atoms with Crippen LogP contribution in [0.15, 0.2) is 41.1 Å². The average molecular weight is 327 g/mol. The van der Waals surface area contributed by atoms with E-state index in [1.54, 1.807) is 6.26 Å². The first-order valence-electron chi connectivity index (χ1n) is 8.57. The lowest BCUT2D eigenvalue weighted by molar-refractivity contribution is -0.709. The first-order chi connectivity index (χ1) is 11.5. The minimum absolute atomic E-state index is 0.309. The number of hydrogen-bond acceptors (Lipinski definition) is 2. The number of nitrogens with two attached hydrogens (primary N) is 1. The maximum absolute atomic E-state index is 5.50. The summed E-state index contributed by atoms with van der Waals surface area (Å²) in [5.41, 5.74) is 3.86. The molecular formula is C19H27N4O+. The molecule has 0 aliphatic carbocycles. The third-order valence-corrected chi connectivity index (χ3v) is 4.59. The summed E-state index contributed by atoms with van der Waals surface area (Å²) in [6.07, 6.45) is 3.61. The number of nitrogens with zero attached hydrogens (tertiary/aromatic N) is 3. The van der Waals surface area contributed by atoms with Crippen LogP contribution in [0.25, 0.3) is 5.82 Å². The molecule has 3 aromatic heterocycles. The highest BCUT2D eigenvalue weighted by atomic mass is 16.3. The van der Waals surface area contributed by atoms with Gasteiger partial charge in [-0.15, -0.1) is 0 Å². The van der Waals surface area contributed by atoms with E-state index in [-0.39, 0.29) is 0 Å². The molecule has 0 bridgehead atoms. The van der Waals surface area contributed by atoms with Gasteiger partial charge in [-0.05, 0) is 52.8 Å². The van der Waals surface area contributed by atoms with Gasteiger partial charge in [-0.3, -0.25) is 0 Å². The Morgan fingerprint density at radius 2 is 2.00 bits per heavy atom. The Hall–Kier alpha value is -2.27. The first kappa shape index (κ1) is 16.6. The number of aryl methyl sites for hydroxylation is 1. The van der Waals surface area contributed by atoms with Crippen molar-refractivity contribution in [1.29, 1.82) is 0 Å². The minimum atomic E-state index is 0.309. The highest BCUT2D eigenvalue weighted by molar-refractivity contribution is 5.36. The fourth-order valence-corrected chi connectivity index (χ4v) is 3.24. The van der Waals surface area contributed by atoms with Gasteiger partial charge in [-0.1, -0.05) is 0 Å². The molecule has 0 unspecified atom stereocenters. The zero-order valence-corrected chi connectivity index (χ0v) is 15.2. The van der Waals surface area contributed by atoms with Gasteiger partial charge in [-0.25, -0.2) is 4.68 Å². The second-order valence-electron chi connectivity index (χ2n) is 6.70. The van der Waals surface area contributed by atoms with Crippen LogP contribution in [0.1, 0.15) is 55.6 Å². The third kappa shape index (κ3) is 3.04. The smallest absolute Gasteiger partial charge is 0.160 e. The molecule has 0 amide bonds. The molecule has 3 heterocycles. The number of hydrogen-bond donors (Lipinski definition) is 1. The van der Waals surface area contributed by atoms with Crippen LogP contribution in [0.2, 0.25) is 0 Å². The highest BCUT2D eigenvalue weighted by Crippen LogP contribution is 2.22. The third-order valence-electron chi connectivity index (χ3n) is 4.59. The van der Waals surface area contributed by atoms with E-state index < -0.39 is 0 Å². The van der Waals surface area contributed by atoms with Crippen molar-refractivity contribution in [3.63, 3.8) is 0 Å².